The van der Waals surface area contributed by atoms with Crippen LogP contribution in [0, 0.1) is 12.3 Å². The van der Waals surface area contributed by atoms with Gasteiger partial charge in [0.1, 0.15) is 17.7 Å². The summed E-state index contributed by atoms with van der Waals surface area (Å²) in [6.45, 7) is 14.0. The van der Waals surface area contributed by atoms with Gasteiger partial charge in [-0.3, -0.25) is 19.2 Å². The molecule has 0 spiro atoms. The summed E-state index contributed by atoms with van der Waals surface area (Å²) in [6, 6.07) is 6.07. The normalized spacial score (nSPS) is 17.3. The van der Waals surface area contributed by atoms with E-state index in [9.17, 15) is 24.3 Å². The minimum absolute atomic E-state index is 0.000688. The largest absolute Gasteiger partial charge is 0.460 e. The van der Waals surface area contributed by atoms with Gasteiger partial charge >= 0.3 is 5.97 Å². The van der Waals surface area contributed by atoms with E-state index < -0.39 is 35.1 Å². The number of thiazole rings is 1. The Morgan fingerprint density at radius 3 is 2.21 bits per heavy atom. The number of nitrogens with one attached hydrogen (secondary N) is 2. The lowest BCUT2D eigenvalue weighted by Crippen LogP contribution is -2.57. The van der Waals surface area contributed by atoms with Crippen LogP contribution in [0.1, 0.15) is 72.1 Å². The molecule has 1 aromatic carbocycles. The molecular formula is C34H50N4O8S. The van der Waals surface area contributed by atoms with Crippen molar-refractivity contribution in [3.05, 3.63) is 41.0 Å². The van der Waals surface area contributed by atoms with E-state index >= 15 is 0 Å². The van der Waals surface area contributed by atoms with Crippen LogP contribution < -0.4 is 10.6 Å². The zero-order valence-corrected chi connectivity index (χ0v) is 29.4. The molecule has 260 valence electrons. The summed E-state index contributed by atoms with van der Waals surface area (Å²) >= 11 is 1.57. The van der Waals surface area contributed by atoms with Crippen LogP contribution in [-0.2, 0) is 39.9 Å². The first kappa shape index (κ1) is 38.1. The first-order valence-corrected chi connectivity index (χ1v) is 16.9. The van der Waals surface area contributed by atoms with Crippen LogP contribution in [0.15, 0.2) is 29.8 Å². The van der Waals surface area contributed by atoms with Crippen LogP contribution in [0.4, 0.5) is 0 Å². The molecule has 1 saturated heterocycles. The van der Waals surface area contributed by atoms with Crippen molar-refractivity contribution < 1.29 is 38.5 Å². The number of esters is 1. The molecule has 3 rings (SSSR count). The number of ether oxygens (including phenoxy) is 3. The van der Waals surface area contributed by atoms with Crippen molar-refractivity contribution in [3.8, 4) is 10.4 Å². The van der Waals surface area contributed by atoms with Crippen molar-refractivity contribution in [1.82, 2.24) is 20.5 Å². The molecule has 47 heavy (non-hydrogen) atoms. The molecule has 1 aliphatic heterocycles. The van der Waals surface area contributed by atoms with Crippen LogP contribution in [0.2, 0.25) is 0 Å². The van der Waals surface area contributed by atoms with Crippen LogP contribution >= 0.6 is 11.3 Å². The Morgan fingerprint density at radius 2 is 1.64 bits per heavy atom. The fraction of sp³-hybridized carbons (Fsp3) is 0.618. The topological polar surface area (TPSA) is 156 Å². The molecule has 0 aliphatic carbocycles. The maximum absolute atomic E-state index is 13.8. The number of β-amino-alcohol motifs (C(OH)–C–C–N with tert-alkyl or cyclic N) is 1. The van der Waals surface area contributed by atoms with Crippen LogP contribution in [-0.4, -0.2) is 95.4 Å². The molecule has 13 heteroatoms. The molecule has 3 N–H and O–H groups in total. The van der Waals surface area contributed by atoms with Gasteiger partial charge in [-0.25, -0.2) is 4.98 Å². The first-order valence-electron chi connectivity index (χ1n) is 16.0. The highest BCUT2D eigenvalue weighted by molar-refractivity contribution is 7.13. The Labute approximate surface area is 281 Å². The van der Waals surface area contributed by atoms with Crippen molar-refractivity contribution in [2.45, 2.75) is 98.1 Å². The smallest absolute Gasteiger partial charge is 0.308 e. The van der Waals surface area contributed by atoms with E-state index in [1.807, 2.05) is 57.5 Å². The van der Waals surface area contributed by atoms with Crippen molar-refractivity contribution in [1.29, 1.82) is 0 Å². The fourth-order valence-corrected chi connectivity index (χ4v) is 5.86. The number of aliphatic hydroxyl groups is 1. The van der Waals surface area contributed by atoms with E-state index in [2.05, 4.69) is 15.6 Å². The van der Waals surface area contributed by atoms with Gasteiger partial charge < -0.3 is 34.9 Å². The summed E-state index contributed by atoms with van der Waals surface area (Å²) in [6.07, 6.45) is -0.584. The Hall–Kier alpha value is -3.39. The van der Waals surface area contributed by atoms with Crippen LogP contribution in [0.5, 0.6) is 0 Å². The number of hydrogen-bond acceptors (Lipinski definition) is 10. The van der Waals surface area contributed by atoms with E-state index in [1.54, 1.807) is 32.1 Å². The van der Waals surface area contributed by atoms with Crippen molar-refractivity contribution in [3.63, 3.8) is 0 Å². The molecule has 0 saturated carbocycles. The lowest BCUT2D eigenvalue weighted by Gasteiger charge is -2.35. The van der Waals surface area contributed by atoms with Gasteiger partial charge in [0.2, 0.25) is 17.7 Å². The number of hydrogen-bond donors (Lipinski definition) is 3. The number of carbonyl (C=O) groups excluding carboxylic acids is 4. The Kier molecular flexibility index (Phi) is 13.9. The van der Waals surface area contributed by atoms with Gasteiger partial charge in [0, 0.05) is 25.9 Å². The zero-order chi connectivity index (χ0) is 34.8. The van der Waals surface area contributed by atoms with Crippen LogP contribution in [0.25, 0.3) is 10.4 Å². The van der Waals surface area contributed by atoms with E-state index in [4.69, 9.17) is 14.2 Å². The molecule has 2 heterocycles. The summed E-state index contributed by atoms with van der Waals surface area (Å²) in [7, 11) is 0. The van der Waals surface area contributed by atoms with Crippen molar-refractivity contribution in [2.24, 2.45) is 5.41 Å². The second-order valence-corrected chi connectivity index (χ2v) is 14.6. The minimum atomic E-state index is -0.922. The molecule has 1 aliphatic rings. The average molecular weight is 675 g/mol. The molecule has 2 aromatic rings. The molecule has 1 aromatic heterocycles. The van der Waals surface area contributed by atoms with Crippen LogP contribution in [0.3, 0.4) is 0 Å². The number of rotatable bonds is 15. The quantitative estimate of drug-likeness (QED) is 0.190. The first-order chi connectivity index (χ1) is 22.0. The number of amides is 3. The highest BCUT2D eigenvalue weighted by Crippen LogP contribution is 2.28. The third-order valence-corrected chi connectivity index (χ3v) is 8.41. The van der Waals surface area contributed by atoms with E-state index in [0.29, 0.717) is 0 Å². The van der Waals surface area contributed by atoms with Gasteiger partial charge in [-0.05, 0) is 44.2 Å². The standard InChI is InChI=1S/C34H50N4O8S/c1-22-29(47-21-36-22)24-10-8-23(9-11-24)19-35-31(42)26-18-25(39)20-38(26)32(43)30(33(2,3)4)37-27(40)12-14-44-16-17-45-15-13-28(41)46-34(5,6)7/h8-11,21,25-26,30,39H,12-20H2,1-7H3,(H,35,42)(H,37,40)/t25-,26-,30+/m0/s1. The zero-order valence-electron chi connectivity index (χ0n) is 28.6. The highest BCUT2D eigenvalue weighted by atomic mass is 32.1. The number of aryl methyl sites for hydroxylation is 1. The Morgan fingerprint density at radius 1 is 1.00 bits per heavy atom. The molecule has 12 nitrogen and oxygen atoms in total. The molecule has 0 radical (unpaired) electrons. The maximum atomic E-state index is 13.8. The van der Waals surface area contributed by atoms with E-state index in [-0.39, 0.29) is 76.6 Å². The molecular weight excluding hydrogens is 624 g/mol. The highest BCUT2D eigenvalue weighted by Gasteiger charge is 2.44. The summed E-state index contributed by atoms with van der Waals surface area (Å²) in [5, 5.41) is 16.2. The van der Waals surface area contributed by atoms with E-state index in [1.165, 1.54) is 4.90 Å². The Bertz CT molecular complexity index is 1350. The summed E-state index contributed by atoms with van der Waals surface area (Å²) in [5.41, 5.74) is 3.52. The van der Waals surface area contributed by atoms with Gasteiger partial charge in [0.05, 0.1) is 55.0 Å². The van der Waals surface area contributed by atoms with E-state index in [0.717, 1.165) is 21.7 Å². The van der Waals surface area contributed by atoms with Gasteiger partial charge in [-0.1, -0.05) is 45.0 Å². The SMILES string of the molecule is Cc1ncsc1-c1ccc(CNC(=O)[C@@H]2C[C@H](O)CN2C(=O)[C@@H](NC(=O)CCOCCOCCC(=O)OC(C)(C)C)C(C)(C)C)cc1. The van der Waals surface area contributed by atoms with Gasteiger partial charge in [-0.15, -0.1) is 11.3 Å². The number of likely N-dealkylation sites (tertiary alicyclic amines) is 1. The van der Waals surface area contributed by atoms with Gasteiger partial charge in [-0.2, -0.15) is 0 Å². The maximum Gasteiger partial charge on any atom is 0.308 e. The predicted octanol–water partition coefficient (Wildman–Crippen LogP) is 3.38. The summed E-state index contributed by atoms with van der Waals surface area (Å²) < 4.78 is 16.1. The number of benzene rings is 1. The summed E-state index contributed by atoms with van der Waals surface area (Å²) in [5.74, 6) is -1.50. The monoisotopic (exact) mass is 674 g/mol. The van der Waals surface area contributed by atoms with Crippen molar-refractivity contribution >= 4 is 35.0 Å². The Balaban J connectivity index is 1.46. The number of aromatic nitrogens is 1. The summed E-state index contributed by atoms with van der Waals surface area (Å²) in [4.78, 5) is 58.4. The molecule has 0 unspecified atom stereocenters. The lowest BCUT2D eigenvalue weighted by atomic mass is 9.85. The number of aliphatic hydroxyl groups excluding tert-OH is 1. The second-order valence-electron chi connectivity index (χ2n) is 13.8. The third kappa shape index (κ3) is 12.3. The fourth-order valence-electron chi connectivity index (χ4n) is 5.05. The van der Waals surface area contributed by atoms with Gasteiger partial charge in [0.25, 0.3) is 0 Å². The van der Waals surface area contributed by atoms with Crippen molar-refractivity contribution in [2.75, 3.05) is 33.0 Å². The molecule has 0 bridgehead atoms. The number of carbonyl (C=O) groups is 4. The third-order valence-electron chi connectivity index (χ3n) is 7.43. The van der Waals surface area contributed by atoms with Gasteiger partial charge in [0.15, 0.2) is 0 Å². The average Bonchev–Trinajstić information content (AvgIpc) is 3.59. The minimum Gasteiger partial charge on any atom is -0.460 e. The predicted molar refractivity (Wildman–Crippen MR) is 178 cm³/mol. The lowest BCUT2D eigenvalue weighted by molar-refractivity contribution is -0.156. The molecule has 3 amide bonds. The number of nitrogens with zero attached hydrogens (tertiary/aromatic N) is 2. The molecule has 3 atom stereocenters. The molecule has 1 fully saturated rings. The second kappa shape index (κ2) is 17.1.